The Morgan fingerprint density at radius 2 is 2.09 bits per heavy atom. The van der Waals surface area contributed by atoms with Crippen molar-refractivity contribution in [3.8, 4) is 0 Å². The van der Waals surface area contributed by atoms with Crippen molar-refractivity contribution in [1.29, 1.82) is 0 Å². The number of aromatic nitrogens is 3. The number of hydrogen-bond donors (Lipinski definition) is 2. The smallest absolute Gasteiger partial charge is 0.412 e. The Morgan fingerprint density at radius 3 is 2.86 bits per heavy atom. The molecule has 0 saturated carbocycles. The van der Waals surface area contributed by atoms with Crippen LogP contribution < -0.4 is 5.32 Å². The Kier molecular flexibility index (Phi) is 5.89. The van der Waals surface area contributed by atoms with Crippen LogP contribution in [0.2, 0.25) is 5.02 Å². The molecular weight excluding hydrogens is 477 g/mol. The molecule has 3 heterocycles. The van der Waals surface area contributed by atoms with Crippen LogP contribution in [-0.2, 0) is 15.1 Å². The lowest BCUT2D eigenvalue weighted by Crippen LogP contribution is -2.53. The molecule has 1 atom stereocenters. The number of hydrogen-bond acceptors (Lipinski definition) is 6. The zero-order valence-electron chi connectivity index (χ0n) is 18.7. The van der Waals surface area contributed by atoms with E-state index < -0.39 is 23.4 Å². The highest BCUT2D eigenvalue weighted by Gasteiger charge is 2.49. The van der Waals surface area contributed by atoms with Gasteiger partial charge < -0.3 is 14.4 Å². The number of aromatic amines is 1. The minimum absolute atomic E-state index is 0.00188. The first kappa shape index (κ1) is 22.9. The van der Waals surface area contributed by atoms with Crippen LogP contribution in [0, 0.1) is 5.82 Å². The van der Waals surface area contributed by atoms with Gasteiger partial charge in [-0.05, 0) is 30.5 Å². The molecule has 2 N–H and O–H groups in total. The van der Waals surface area contributed by atoms with E-state index in [0.29, 0.717) is 25.0 Å². The molecule has 2 aliphatic heterocycles. The Morgan fingerprint density at radius 1 is 1.29 bits per heavy atom. The van der Waals surface area contributed by atoms with Gasteiger partial charge in [0.25, 0.3) is 5.91 Å². The van der Waals surface area contributed by atoms with Crippen LogP contribution in [0.25, 0.3) is 5.57 Å². The number of halogens is 2. The van der Waals surface area contributed by atoms with Crippen molar-refractivity contribution in [3.05, 3.63) is 82.3 Å². The quantitative estimate of drug-likeness (QED) is 0.519. The van der Waals surface area contributed by atoms with Gasteiger partial charge in [-0.2, -0.15) is 5.10 Å². The molecule has 0 radical (unpaired) electrons. The summed E-state index contributed by atoms with van der Waals surface area (Å²) in [7, 11) is 1.51. The molecule has 0 unspecified atom stereocenters. The average molecular weight is 498 g/mol. The monoisotopic (exact) mass is 497 g/mol. The molecule has 1 fully saturated rings. The molecule has 0 aliphatic carbocycles. The summed E-state index contributed by atoms with van der Waals surface area (Å²) in [5.41, 5.74) is 0.451. The third-order valence-electron chi connectivity index (χ3n) is 6.07. The molecule has 5 rings (SSSR count). The van der Waals surface area contributed by atoms with Crippen molar-refractivity contribution in [2.75, 3.05) is 25.5 Å². The second kappa shape index (κ2) is 9.03. The molecule has 2 aromatic carbocycles. The van der Waals surface area contributed by atoms with Crippen molar-refractivity contribution in [1.82, 2.24) is 20.1 Å². The second-order valence-electron chi connectivity index (χ2n) is 8.26. The Hall–Kier alpha value is -3.92. The Labute approximate surface area is 204 Å². The van der Waals surface area contributed by atoms with Gasteiger partial charge in [0.05, 0.1) is 41.8 Å². The molecule has 0 bridgehead atoms. The van der Waals surface area contributed by atoms with Gasteiger partial charge in [-0.15, -0.1) is 0 Å². The number of rotatable bonds is 4. The minimum atomic E-state index is -1.37. The summed E-state index contributed by atoms with van der Waals surface area (Å²) in [6.07, 6.45) is 1.60. The zero-order valence-corrected chi connectivity index (χ0v) is 19.4. The van der Waals surface area contributed by atoms with Gasteiger partial charge in [-0.25, -0.2) is 14.2 Å². The van der Waals surface area contributed by atoms with Gasteiger partial charge in [-0.3, -0.25) is 15.2 Å². The number of carbonyl (C=O) groups excluding carboxylic acids is 2. The number of ether oxygens (including phenoxy) is 2. The van der Waals surface area contributed by atoms with E-state index in [1.165, 1.54) is 30.4 Å². The van der Waals surface area contributed by atoms with Crippen LogP contribution in [0.4, 0.5) is 14.9 Å². The number of methoxy groups -OCH3 is 1. The number of benzene rings is 2. The van der Waals surface area contributed by atoms with E-state index >= 15 is 4.39 Å². The van der Waals surface area contributed by atoms with Gasteiger partial charge in [0.15, 0.2) is 17.2 Å². The SMILES string of the molecule is CO/C=C(/c1ccccc1)c1n[nH]c(C(=O)N2CCC[C@@]3(C2)OC(=O)Nc2ccc(Cl)c(F)c23)n1. The van der Waals surface area contributed by atoms with Gasteiger partial charge >= 0.3 is 6.09 Å². The van der Waals surface area contributed by atoms with E-state index in [0.717, 1.165) is 5.56 Å². The van der Waals surface area contributed by atoms with E-state index in [4.69, 9.17) is 21.1 Å². The summed E-state index contributed by atoms with van der Waals surface area (Å²) in [6, 6.07) is 12.3. The first-order valence-corrected chi connectivity index (χ1v) is 11.3. The third kappa shape index (κ3) is 4.10. The molecule has 1 spiro atoms. The van der Waals surface area contributed by atoms with Crippen LogP contribution in [0.1, 0.15) is 40.4 Å². The van der Waals surface area contributed by atoms with Crippen molar-refractivity contribution in [3.63, 3.8) is 0 Å². The predicted octanol–water partition coefficient (Wildman–Crippen LogP) is 4.33. The lowest BCUT2D eigenvalue weighted by Gasteiger charge is -2.44. The fourth-order valence-corrected chi connectivity index (χ4v) is 4.72. The van der Waals surface area contributed by atoms with Crippen LogP contribution in [0.3, 0.4) is 0 Å². The number of carbonyl (C=O) groups is 2. The minimum Gasteiger partial charge on any atom is -0.504 e. The maximum absolute atomic E-state index is 15.1. The molecule has 1 aromatic heterocycles. The predicted molar refractivity (Wildman–Crippen MR) is 125 cm³/mol. The number of amides is 2. The number of H-pyrrole nitrogens is 1. The van der Waals surface area contributed by atoms with E-state index in [9.17, 15) is 9.59 Å². The fourth-order valence-electron chi connectivity index (χ4n) is 4.56. The number of anilines is 1. The Bertz CT molecular complexity index is 1330. The highest BCUT2D eigenvalue weighted by atomic mass is 35.5. The van der Waals surface area contributed by atoms with Gasteiger partial charge in [-0.1, -0.05) is 41.9 Å². The number of likely N-dealkylation sites (tertiary alicyclic amines) is 1. The molecule has 1 saturated heterocycles. The van der Waals surface area contributed by atoms with Gasteiger partial charge in [0, 0.05) is 6.54 Å². The van der Waals surface area contributed by atoms with Gasteiger partial charge in [0.2, 0.25) is 5.82 Å². The zero-order chi connectivity index (χ0) is 24.6. The first-order chi connectivity index (χ1) is 16.9. The number of nitrogens with one attached hydrogen (secondary N) is 2. The van der Waals surface area contributed by atoms with E-state index in [2.05, 4.69) is 20.5 Å². The van der Waals surface area contributed by atoms with Crippen molar-refractivity contribution in [2.24, 2.45) is 0 Å². The first-order valence-electron chi connectivity index (χ1n) is 10.9. The normalized spacial score (nSPS) is 19.7. The van der Waals surface area contributed by atoms with Crippen molar-refractivity contribution >= 4 is 34.9 Å². The van der Waals surface area contributed by atoms with E-state index in [1.807, 2.05) is 30.3 Å². The van der Waals surface area contributed by atoms with Gasteiger partial charge in [0.1, 0.15) is 0 Å². The number of fused-ring (bicyclic) bond motifs is 2. The summed E-state index contributed by atoms with van der Waals surface area (Å²) >= 11 is 6.03. The Balaban J connectivity index is 1.45. The van der Waals surface area contributed by atoms with Crippen LogP contribution in [-0.4, -0.2) is 52.3 Å². The number of piperidine rings is 1. The molecule has 2 aliphatic rings. The van der Waals surface area contributed by atoms with Crippen molar-refractivity contribution < 1.29 is 23.5 Å². The third-order valence-corrected chi connectivity index (χ3v) is 6.36. The second-order valence-corrected chi connectivity index (χ2v) is 8.67. The molecule has 35 heavy (non-hydrogen) atoms. The van der Waals surface area contributed by atoms with Crippen molar-refractivity contribution in [2.45, 2.75) is 18.4 Å². The standard InChI is InChI=1S/C24H21ClFN5O4/c1-34-12-15(14-6-3-2-4-7-14)20-28-21(30-29-20)22(32)31-11-5-10-24(13-31)18-17(27-23(33)35-24)9-8-16(25)19(18)26/h2-4,6-9,12H,5,10-11,13H2,1H3,(H,27,33)(H,28,29,30)/b15-12-/t24-/m0/s1. The van der Waals surface area contributed by atoms with E-state index in [-0.39, 0.29) is 34.5 Å². The topological polar surface area (TPSA) is 109 Å². The fraction of sp³-hybridized carbons (Fsp3) is 0.250. The average Bonchev–Trinajstić information content (AvgIpc) is 3.34. The van der Waals surface area contributed by atoms with Crippen LogP contribution in [0.5, 0.6) is 0 Å². The molecular formula is C24H21ClFN5O4. The number of nitrogens with zero attached hydrogens (tertiary/aromatic N) is 3. The molecule has 2 amide bonds. The lowest BCUT2D eigenvalue weighted by molar-refractivity contribution is -0.0420. The molecule has 11 heteroatoms. The molecule has 9 nitrogen and oxygen atoms in total. The van der Waals surface area contributed by atoms with E-state index in [1.54, 1.807) is 0 Å². The summed E-state index contributed by atoms with van der Waals surface area (Å²) < 4.78 is 25.9. The van der Waals surface area contributed by atoms with Crippen LogP contribution >= 0.6 is 11.6 Å². The summed E-state index contributed by atoms with van der Waals surface area (Å²) in [6.45, 7) is 0.317. The highest BCUT2D eigenvalue weighted by Crippen LogP contribution is 2.45. The summed E-state index contributed by atoms with van der Waals surface area (Å²) in [4.78, 5) is 31.5. The summed E-state index contributed by atoms with van der Waals surface area (Å²) in [5.74, 6) is -0.851. The lowest BCUT2D eigenvalue weighted by atomic mass is 9.83. The van der Waals surface area contributed by atoms with Crippen LogP contribution in [0.15, 0.2) is 48.7 Å². The molecule has 3 aromatic rings. The molecule has 180 valence electrons. The maximum Gasteiger partial charge on any atom is 0.412 e. The highest BCUT2D eigenvalue weighted by molar-refractivity contribution is 6.31. The summed E-state index contributed by atoms with van der Waals surface area (Å²) in [5, 5.41) is 9.30. The maximum atomic E-state index is 15.1. The largest absolute Gasteiger partial charge is 0.504 e.